The zero-order chi connectivity index (χ0) is 4.28. The minimum Gasteiger partial charge on any atom is -0.481 e. The fourth-order valence-corrected chi connectivity index (χ4v) is 0. The first-order valence-electron chi connectivity index (χ1n) is 1.49. The second-order valence-corrected chi connectivity index (χ2v) is 0.747. The van der Waals surface area contributed by atoms with Gasteiger partial charge in [0, 0.05) is 6.42 Å². The highest BCUT2D eigenvalue weighted by Crippen LogP contribution is 1.67. The first-order valence-corrected chi connectivity index (χ1v) is 1.49. The van der Waals surface area contributed by atoms with Crippen LogP contribution in [0.5, 0.6) is 0 Å². The topological polar surface area (TPSA) is 132 Å². The van der Waals surface area contributed by atoms with Gasteiger partial charge in [0.2, 0.25) is 0 Å². The monoisotopic (exact) mass is 200 g/mol. The number of carbonyl (C=O) groups is 1. The summed E-state index contributed by atoms with van der Waals surface area (Å²) in [5, 5.41) is 7.72. The van der Waals surface area contributed by atoms with Gasteiger partial charge in [0.1, 0.15) is 0 Å². The third kappa shape index (κ3) is 102. The van der Waals surface area contributed by atoms with Crippen molar-refractivity contribution in [1.82, 2.24) is 0 Å². The van der Waals surface area contributed by atoms with Crippen LogP contribution in [0, 0.1) is 0 Å². The summed E-state index contributed by atoms with van der Waals surface area (Å²) >= 11 is 0. The van der Waals surface area contributed by atoms with Crippen molar-refractivity contribution in [2.75, 3.05) is 0 Å². The number of aliphatic carboxylic acids is 1. The van der Waals surface area contributed by atoms with Crippen LogP contribution in [0.4, 0.5) is 0 Å². The van der Waals surface area contributed by atoms with Crippen molar-refractivity contribution in [3.05, 3.63) is 0 Å². The third-order valence-corrected chi connectivity index (χ3v) is 0.302. The summed E-state index contributed by atoms with van der Waals surface area (Å²) < 4.78 is 0. The van der Waals surface area contributed by atoms with E-state index in [2.05, 4.69) is 0 Å². The standard InChI is InChI=1S/C3H6O2.2ClH.3H2O/c1-2-3(4)5;;;;;/h2H2,1H3,(H,4,5);2*1H;3*1H2. The molecule has 0 atom stereocenters. The lowest BCUT2D eigenvalue weighted by Crippen LogP contribution is -1.86. The Morgan fingerprint density at radius 2 is 1.30 bits per heavy atom. The summed E-state index contributed by atoms with van der Waals surface area (Å²) in [5.41, 5.74) is 0. The highest BCUT2D eigenvalue weighted by atomic mass is 35.5. The Kier molecular flexibility index (Phi) is 186. The lowest BCUT2D eigenvalue weighted by molar-refractivity contribution is -0.136. The molecule has 0 amide bonds. The zero-order valence-electron chi connectivity index (χ0n) is 5.38. The van der Waals surface area contributed by atoms with Gasteiger partial charge in [-0.25, -0.2) is 0 Å². The van der Waals surface area contributed by atoms with Gasteiger partial charge in [0.05, 0.1) is 0 Å². The molecule has 0 aromatic rings. The molecule has 7 N–H and O–H groups in total. The average Bonchev–Trinajstić information content (AvgIpc) is 1.38. The van der Waals surface area contributed by atoms with Crippen LogP contribution < -0.4 is 0 Å². The maximum Gasteiger partial charge on any atom is 0.303 e. The Morgan fingerprint density at radius 3 is 1.30 bits per heavy atom. The van der Waals surface area contributed by atoms with E-state index in [1.165, 1.54) is 0 Å². The van der Waals surface area contributed by atoms with E-state index in [4.69, 9.17) is 5.11 Å². The van der Waals surface area contributed by atoms with Crippen molar-refractivity contribution in [2.24, 2.45) is 0 Å². The number of rotatable bonds is 1. The van der Waals surface area contributed by atoms with Crippen LogP contribution >= 0.6 is 24.8 Å². The van der Waals surface area contributed by atoms with E-state index >= 15 is 0 Å². The molecular formula is C3H14Cl2O5. The van der Waals surface area contributed by atoms with Crippen LogP contribution in [0.15, 0.2) is 0 Å². The fourth-order valence-electron chi connectivity index (χ4n) is 0. The zero-order valence-corrected chi connectivity index (χ0v) is 7.01. The van der Waals surface area contributed by atoms with Crippen LogP contribution in [0.25, 0.3) is 0 Å². The number of hydrogen-bond donors (Lipinski definition) is 1. The molecule has 0 aromatic carbocycles. The SMILES string of the molecule is CCC(=O)O.Cl.Cl.O.O.O. The maximum atomic E-state index is 9.37. The van der Waals surface area contributed by atoms with Crippen LogP contribution in [0.2, 0.25) is 0 Å². The summed E-state index contributed by atoms with van der Waals surface area (Å²) in [6.45, 7) is 1.60. The first-order chi connectivity index (χ1) is 2.27. The molecule has 0 aromatic heterocycles. The van der Waals surface area contributed by atoms with Gasteiger partial charge in [-0.15, -0.1) is 24.8 Å². The number of carboxylic acids is 1. The molecule has 0 aliphatic heterocycles. The molecule has 0 saturated heterocycles. The molecule has 7 heteroatoms. The second-order valence-electron chi connectivity index (χ2n) is 0.747. The molecule has 0 rings (SSSR count). The van der Waals surface area contributed by atoms with Gasteiger partial charge >= 0.3 is 5.97 Å². The molecule has 0 spiro atoms. The fraction of sp³-hybridized carbons (Fsp3) is 0.667. The van der Waals surface area contributed by atoms with Gasteiger partial charge in [0.25, 0.3) is 0 Å². The molecule has 0 radical (unpaired) electrons. The second kappa shape index (κ2) is 36.4. The Bertz CT molecular complexity index is 50.2. The van der Waals surface area contributed by atoms with Crippen LogP contribution in [0.3, 0.4) is 0 Å². The van der Waals surface area contributed by atoms with Gasteiger partial charge in [-0.05, 0) is 0 Å². The van der Waals surface area contributed by atoms with Crippen molar-refractivity contribution in [1.29, 1.82) is 0 Å². The Hall–Kier alpha value is -0.0700. The van der Waals surface area contributed by atoms with Crippen LogP contribution in [0.1, 0.15) is 13.3 Å². The quantitative estimate of drug-likeness (QED) is 0.573. The molecule has 0 saturated carbocycles. The summed E-state index contributed by atoms with van der Waals surface area (Å²) in [6.07, 6.45) is 0.222. The summed E-state index contributed by atoms with van der Waals surface area (Å²) in [4.78, 5) is 9.37. The van der Waals surface area contributed by atoms with Gasteiger partial charge in [0.15, 0.2) is 0 Å². The molecule has 0 unspecified atom stereocenters. The highest BCUT2D eigenvalue weighted by molar-refractivity contribution is 5.85. The number of hydrogen-bond acceptors (Lipinski definition) is 1. The van der Waals surface area contributed by atoms with Gasteiger partial charge in [-0.1, -0.05) is 6.92 Å². The summed E-state index contributed by atoms with van der Waals surface area (Å²) in [7, 11) is 0. The Balaban J connectivity index is -0.00000000800. The summed E-state index contributed by atoms with van der Waals surface area (Å²) in [5.74, 6) is -0.745. The van der Waals surface area contributed by atoms with Crippen molar-refractivity contribution in [3.63, 3.8) is 0 Å². The summed E-state index contributed by atoms with van der Waals surface area (Å²) in [6, 6.07) is 0. The van der Waals surface area contributed by atoms with Gasteiger partial charge in [-0.2, -0.15) is 0 Å². The molecule has 0 heterocycles. The molecule has 0 aliphatic rings. The predicted molar refractivity (Wildman–Crippen MR) is 43.3 cm³/mol. The molecule has 0 fully saturated rings. The maximum absolute atomic E-state index is 9.37. The number of halogens is 2. The Morgan fingerprint density at radius 1 is 1.20 bits per heavy atom. The lowest BCUT2D eigenvalue weighted by atomic mass is 10.5. The van der Waals surface area contributed by atoms with Gasteiger partial charge < -0.3 is 21.5 Å². The third-order valence-electron chi connectivity index (χ3n) is 0.302. The minimum atomic E-state index is -0.745. The van der Waals surface area contributed by atoms with E-state index in [-0.39, 0.29) is 47.7 Å². The molecular weight excluding hydrogens is 187 g/mol. The van der Waals surface area contributed by atoms with E-state index in [1.54, 1.807) is 6.92 Å². The largest absolute Gasteiger partial charge is 0.481 e. The van der Waals surface area contributed by atoms with E-state index < -0.39 is 5.97 Å². The molecule has 0 aliphatic carbocycles. The van der Waals surface area contributed by atoms with E-state index in [0.717, 1.165) is 0 Å². The van der Waals surface area contributed by atoms with E-state index in [1.807, 2.05) is 0 Å². The number of carboxylic acid groups (broad SMARTS) is 1. The first kappa shape index (κ1) is 51.3. The average molecular weight is 201 g/mol. The predicted octanol–water partition coefficient (Wildman–Crippen LogP) is -1.15. The molecule has 70 valence electrons. The molecule has 5 nitrogen and oxygen atoms in total. The highest BCUT2D eigenvalue weighted by Gasteiger charge is 1.80. The van der Waals surface area contributed by atoms with Crippen molar-refractivity contribution < 1.29 is 26.3 Å². The van der Waals surface area contributed by atoms with Crippen molar-refractivity contribution >= 4 is 30.8 Å². The lowest BCUT2D eigenvalue weighted by Gasteiger charge is -1.71. The minimum absolute atomic E-state index is 0. The molecule has 0 bridgehead atoms. The van der Waals surface area contributed by atoms with E-state index in [0.29, 0.717) is 0 Å². The van der Waals surface area contributed by atoms with Crippen LogP contribution in [-0.2, 0) is 4.79 Å². The van der Waals surface area contributed by atoms with Crippen LogP contribution in [-0.4, -0.2) is 27.5 Å². The molecule has 10 heavy (non-hydrogen) atoms. The van der Waals surface area contributed by atoms with Gasteiger partial charge in [-0.3, -0.25) is 4.79 Å². The van der Waals surface area contributed by atoms with Crippen molar-refractivity contribution in [2.45, 2.75) is 13.3 Å². The normalized spacial score (nSPS) is 3.70. The van der Waals surface area contributed by atoms with E-state index in [9.17, 15) is 4.79 Å². The van der Waals surface area contributed by atoms with Crippen molar-refractivity contribution in [3.8, 4) is 0 Å². The smallest absolute Gasteiger partial charge is 0.303 e. The Labute approximate surface area is 71.2 Å².